The zero-order chi connectivity index (χ0) is 18.8. The summed E-state index contributed by atoms with van der Waals surface area (Å²) in [5.74, 6) is 1.47. The number of hydrogen-bond acceptors (Lipinski definition) is 4. The number of methoxy groups -OCH3 is 1. The molecule has 1 unspecified atom stereocenters. The molecule has 1 aliphatic heterocycles. The van der Waals surface area contributed by atoms with Crippen LogP contribution in [0.15, 0.2) is 30.6 Å². The molecule has 0 saturated heterocycles. The number of benzene rings is 1. The van der Waals surface area contributed by atoms with Crippen LogP contribution in [0.4, 0.5) is 0 Å². The molecule has 1 saturated carbocycles. The van der Waals surface area contributed by atoms with E-state index in [4.69, 9.17) is 9.47 Å². The van der Waals surface area contributed by atoms with E-state index < -0.39 is 0 Å². The zero-order valence-corrected chi connectivity index (χ0v) is 16.0. The number of rotatable bonds is 4. The molecule has 6 heteroatoms. The Kier molecular flexibility index (Phi) is 5.05. The van der Waals surface area contributed by atoms with E-state index in [0.717, 1.165) is 42.7 Å². The molecule has 0 bridgehead atoms. The molecular weight excluding hydrogens is 342 g/mol. The number of amides is 1. The van der Waals surface area contributed by atoms with Gasteiger partial charge in [0.25, 0.3) is 0 Å². The van der Waals surface area contributed by atoms with Gasteiger partial charge in [-0.15, -0.1) is 0 Å². The number of carbonyl (C=O) groups is 1. The van der Waals surface area contributed by atoms with Gasteiger partial charge in [0.2, 0.25) is 5.91 Å². The quantitative estimate of drug-likeness (QED) is 0.900. The minimum Gasteiger partial charge on any atom is -0.493 e. The second-order valence-corrected chi connectivity index (χ2v) is 7.67. The molecule has 4 rings (SSSR count). The average Bonchev–Trinajstić information content (AvgIpc) is 3.14. The molecule has 1 amide bonds. The lowest BCUT2D eigenvalue weighted by atomic mass is 9.90. The number of nitrogens with one attached hydrogen (secondary N) is 1. The number of aromatic nitrogens is 2. The second-order valence-electron chi connectivity index (χ2n) is 7.67. The number of aryl methyl sites for hydroxylation is 1. The Labute approximate surface area is 159 Å². The third-order valence-electron chi connectivity index (χ3n) is 5.69. The predicted octanol–water partition coefficient (Wildman–Crippen LogP) is 3.05. The topological polar surface area (TPSA) is 65.4 Å². The van der Waals surface area contributed by atoms with Crippen molar-refractivity contribution in [1.29, 1.82) is 0 Å². The first kappa shape index (κ1) is 17.9. The van der Waals surface area contributed by atoms with Crippen LogP contribution in [0.2, 0.25) is 0 Å². The van der Waals surface area contributed by atoms with E-state index in [0.29, 0.717) is 19.1 Å². The molecular formula is C21H27N3O3. The summed E-state index contributed by atoms with van der Waals surface area (Å²) >= 11 is 0. The van der Waals surface area contributed by atoms with Gasteiger partial charge in [-0.05, 0) is 56.2 Å². The highest BCUT2D eigenvalue weighted by Crippen LogP contribution is 2.36. The van der Waals surface area contributed by atoms with Gasteiger partial charge in [-0.2, -0.15) is 5.10 Å². The molecule has 1 atom stereocenters. The lowest BCUT2D eigenvalue weighted by Gasteiger charge is -2.31. The van der Waals surface area contributed by atoms with Gasteiger partial charge in [0, 0.05) is 12.2 Å². The van der Waals surface area contributed by atoms with Gasteiger partial charge in [0.05, 0.1) is 25.3 Å². The Hall–Kier alpha value is -2.50. The fourth-order valence-electron chi connectivity index (χ4n) is 4.16. The maximum absolute atomic E-state index is 12.7. The largest absolute Gasteiger partial charge is 0.493 e. The van der Waals surface area contributed by atoms with E-state index in [2.05, 4.69) is 28.2 Å². The minimum absolute atomic E-state index is 0.0989. The molecule has 0 radical (unpaired) electrons. The van der Waals surface area contributed by atoms with Crippen LogP contribution in [0.5, 0.6) is 11.5 Å². The van der Waals surface area contributed by atoms with E-state index in [-0.39, 0.29) is 17.9 Å². The molecule has 2 aliphatic rings. The van der Waals surface area contributed by atoms with Gasteiger partial charge in [0.15, 0.2) is 11.5 Å². The van der Waals surface area contributed by atoms with Gasteiger partial charge < -0.3 is 14.8 Å². The molecule has 1 aromatic carbocycles. The van der Waals surface area contributed by atoms with E-state index >= 15 is 0 Å². The van der Waals surface area contributed by atoms with E-state index in [9.17, 15) is 4.79 Å². The van der Waals surface area contributed by atoms with Gasteiger partial charge in [0.1, 0.15) is 6.61 Å². The monoisotopic (exact) mass is 369 g/mol. The molecule has 144 valence electrons. The number of nitrogens with zero attached hydrogens (tertiary/aromatic N) is 2. The maximum Gasteiger partial charge on any atom is 0.227 e. The molecule has 27 heavy (non-hydrogen) atoms. The van der Waals surface area contributed by atoms with Gasteiger partial charge >= 0.3 is 0 Å². The first-order valence-corrected chi connectivity index (χ1v) is 9.74. The highest BCUT2D eigenvalue weighted by atomic mass is 16.5. The van der Waals surface area contributed by atoms with Crippen LogP contribution in [0.1, 0.15) is 42.9 Å². The normalized spacial score (nSPS) is 24.6. The molecule has 2 aromatic rings. The van der Waals surface area contributed by atoms with Crippen LogP contribution in [-0.4, -0.2) is 35.4 Å². The number of carbonyl (C=O) groups excluding carboxylic acids is 1. The third-order valence-corrected chi connectivity index (χ3v) is 5.69. The molecule has 6 nitrogen and oxygen atoms in total. The minimum atomic E-state index is -0.143. The smallest absolute Gasteiger partial charge is 0.227 e. The SMILES string of the molecule is COc1cccc2c1OCC(C(=O)NC1CCC(n3cc(C)cn3)CC1)C2. The fraction of sp³-hybridized carbons (Fsp3) is 0.524. The Morgan fingerprint density at radius 1 is 1.30 bits per heavy atom. The third kappa shape index (κ3) is 3.80. The van der Waals surface area contributed by atoms with E-state index in [1.54, 1.807) is 7.11 Å². The Balaban J connectivity index is 1.31. The van der Waals surface area contributed by atoms with Crippen molar-refractivity contribution in [2.45, 2.75) is 51.1 Å². The molecule has 2 heterocycles. The summed E-state index contributed by atoms with van der Waals surface area (Å²) in [5.41, 5.74) is 2.23. The van der Waals surface area contributed by atoms with Crippen molar-refractivity contribution in [2.24, 2.45) is 5.92 Å². The number of para-hydroxylation sites is 1. The van der Waals surface area contributed by atoms with Crippen LogP contribution in [0.3, 0.4) is 0 Å². The molecule has 0 spiro atoms. The summed E-state index contributed by atoms with van der Waals surface area (Å²) in [6.07, 6.45) is 8.79. The Bertz CT molecular complexity index is 809. The van der Waals surface area contributed by atoms with Crippen molar-refractivity contribution >= 4 is 5.91 Å². The number of hydrogen-bond donors (Lipinski definition) is 1. The van der Waals surface area contributed by atoms with Crippen LogP contribution in [-0.2, 0) is 11.2 Å². The van der Waals surface area contributed by atoms with E-state index in [1.807, 2.05) is 24.4 Å². The first-order valence-electron chi connectivity index (χ1n) is 9.74. The van der Waals surface area contributed by atoms with Crippen molar-refractivity contribution in [2.75, 3.05) is 13.7 Å². The van der Waals surface area contributed by atoms with Crippen LogP contribution >= 0.6 is 0 Å². The fourth-order valence-corrected chi connectivity index (χ4v) is 4.16. The summed E-state index contributed by atoms with van der Waals surface area (Å²) in [6.45, 7) is 2.47. The molecule has 1 aliphatic carbocycles. The van der Waals surface area contributed by atoms with Crippen molar-refractivity contribution in [3.05, 3.63) is 41.7 Å². The zero-order valence-electron chi connectivity index (χ0n) is 16.0. The highest BCUT2D eigenvalue weighted by Gasteiger charge is 2.30. The van der Waals surface area contributed by atoms with Crippen LogP contribution < -0.4 is 14.8 Å². The van der Waals surface area contributed by atoms with Crippen LogP contribution in [0, 0.1) is 12.8 Å². The second kappa shape index (κ2) is 7.62. The van der Waals surface area contributed by atoms with Gasteiger partial charge in [-0.3, -0.25) is 9.48 Å². The standard InChI is InChI=1S/C21H27N3O3/c1-14-11-22-24(12-14)18-8-6-17(7-9-18)23-21(25)16-10-15-4-3-5-19(26-2)20(15)27-13-16/h3-5,11-12,16-18H,6-10,13H2,1-2H3,(H,23,25). The summed E-state index contributed by atoms with van der Waals surface area (Å²) in [4.78, 5) is 12.7. The predicted molar refractivity (Wildman–Crippen MR) is 102 cm³/mol. The average molecular weight is 369 g/mol. The lowest BCUT2D eigenvalue weighted by Crippen LogP contribution is -2.44. The van der Waals surface area contributed by atoms with E-state index in [1.165, 1.54) is 5.56 Å². The lowest BCUT2D eigenvalue weighted by molar-refractivity contribution is -0.127. The first-order chi connectivity index (χ1) is 13.1. The highest BCUT2D eigenvalue weighted by molar-refractivity contribution is 5.80. The summed E-state index contributed by atoms with van der Waals surface area (Å²) in [7, 11) is 1.64. The molecule has 1 N–H and O–H groups in total. The molecule has 1 aromatic heterocycles. The van der Waals surface area contributed by atoms with Crippen molar-refractivity contribution in [3.8, 4) is 11.5 Å². The molecule has 1 fully saturated rings. The van der Waals surface area contributed by atoms with Crippen molar-refractivity contribution in [1.82, 2.24) is 15.1 Å². The summed E-state index contributed by atoms with van der Waals surface area (Å²) < 4.78 is 13.3. The van der Waals surface area contributed by atoms with Crippen molar-refractivity contribution < 1.29 is 14.3 Å². The van der Waals surface area contributed by atoms with Crippen molar-refractivity contribution in [3.63, 3.8) is 0 Å². The Morgan fingerprint density at radius 3 is 2.81 bits per heavy atom. The number of ether oxygens (including phenoxy) is 2. The Morgan fingerprint density at radius 2 is 2.11 bits per heavy atom. The van der Waals surface area contributed by atoms with Gasteiger partial charge in [-0.25, -0.2) is 0 Å². The number of fused-ring (bicyclic) bond motifs is 1. The van der Waals surface area contributed by atoms with Crippen LogP contribution in [0.25, 0.3) is 0 Å². The van der Waals surface area contributed by atoms with Gasteiger partial charge in [-0.1, -0.05) is 12.1 Å². The maximum atomic E-state index is 12.7. The summed E-state index contributed by atoms with van der Waals surface area (Å²) in [5, 5.41) is 7.68. The summed E-state index contributed by atoms with van der Waals surface area (Å²) in [6, 6.07) is 6.54.